The van der Waals surface area contributed by atoms with Gasteiger partial charge in [0.15, 0.2) is 0 Å². The molecule has 2 saturated heterocycles. The first kappa shape index (κ1) is 7.56. The predicted molar refractivity (Wildman–Crippen MR) is 47.3 cm³/mol. The van der Waals surface area contributed by atoms with Gasteiger partial charge in [-0.3, -0.25) is 9.69 Å². The number of hydrogen-bond acceptors (Lipinski definition) is 2. The number of carboxylic acids is 1. The van der Waals surface area contributed by atoms with Crippen LogP contribution in [0.15, 0.2) is 12.2 Å². The Kier molecular flexibility index (Phi) is 1.15. The van der Waals surface area contributed by atoms with Crippen LogP contribution in [0.25, 0.3) is 0 Å². The van der Waals surface area contributed by atoms with E-state index in [9.17, 15) is 9.90 Å². The zero-order valence-corrected chi connectivity index (χ0v) is 7.49. The van der Waals surface area contributed by atoms with E-state index in [-0.39, 0.29) is 0 Å². The fraction of sp³-hybridized carbons (Fsp3) is 0.700. The summed E-state index contributed by atoms with van der Waals surface area (Å²) >= 11 is 0. The van der Waals surface area contributed by atoms with Gasteiger partial charge in [0.25, 0.3) is 0 Å². The van der Waals surface area contributed by atoms with E-state index >= 15 is 0 Å². The average Bonchev–Trinajstić information content (AvgIpc) is 2.60. The number of fused-ring (bicyclic) bond motifs is 3. The minimum atomic E-state index is -0.629. The lowest BCUT2D eigenvalue weighted by Gasteiger charge is -2.29. The topological polar surface area (TPSA) is 40.5 Å². The molecular formula is C10H13NO2. The molecule has 0 aromatic heterocycles. The molecule has 1 saturated carbocycles. The van der Waals surface area contributed by atoms with Gasteiger partial charge >= 0.3 is 5.97 Å². The van der Waals surface area contributed by atoms with Crippen LogP contribution in [0.3, 0.4) is 0 Å². The molecule has 0 spiro atoms. The molecule has 0 radical (unpaired) electrons. The van der Waals surface area contributed by atoms with Gasteiger partial charge < -0.3 is 5.11 Å². The average molecular weight is 179 g/mol. The van der Waals surface area contributed by atoms with Crippen LogP contribution in [0.1, 0.15) is 12.8 Å². The Morgan fingerprint density at radius 3 is 3.08 bits per heavy atom. The smallest absolute Gasteiger partial charge is 0.324 e. The van der Waals surface area contributed by atoms with Crippen molar-refractivity contribution in [1.82, 2.24) is 4.90 Å². The summed E-state index contributed by atoms with van der Waals surface area (Å²) in [6, 6.07) is 0. The minimum absolute atomic E-state index is 0.421. The Hall–Kier alpha value is -0.830. The van der Waals surface area contributed by atoms with E-state index in [1.165, 1.54) is 0 Å². The van der Waals surface area contributed by atoms with E-state index in [1.807, 2.05) is 0 Å². The molecule has 0 aromatic rings. The highest BCUT2D eigenvalue weighted by Crippen LogP contribution is 2.60. The molecule has 1 N–H and O–H groups in total. The molecule has 0 aromatic carbocycles. The summed E-state index contributed by atoms with van der Waals surface area (Å²) in [6.07, 6.45) is 1.81. The predicted octanol–water partition coefficient (Wildman–Crippen LogP) is 0.721. The van der Waals surface area contributed by atoms with Gasteiger partial charge in [0.05, 0.1) is 0 Å². The second-order valence-corrected chi connectivity index (χ2v) is 4.64. The highest BCUT2D eigenvalue weighted by Gasteiger charge is 2.68. The fourth-order valence-corrected chi connectivity index (χ4v) is 3.24. The van der Waals surface area contributed by atoms with Crippen molar-refractivity contribution in [2.75, 3.05) is 13.1 Å². The lowest BCUT2D eigenvalue weighted by atomic mass is 9.90. The van der Waals surface area contributed by atoms with Crippen LogP contribution in [0.2, 0.25) is 0 Å². The van der Waals surface area contributed by atoms with Gasteiger partial charge in [-0.25, -0.2) is 0 Å². The zero-order chi connectivity index (χ0) is 9.22. The molecule has 3 heteroatoms. The summed E-state index contributed by atoms with van der Waals surface area (Å²) in [5.41, 5.74) is 0.551. The van der Waals surface area contributed by atoms with Crippen LogP contribution >= 0.6 is 0 Å². The van der Waals surface area contributed by atoms with E-state index in [4.69, 9.17) is 0 Å². The number of carbonyl (C=O) groups is 1. The number of piperidine rings is 1. The van der Waals surface area contributed by atoms with Crippen LogP contribution < -0.4 is 0 Å². The molecule has 3 fully saturated rings. The van der Waals surface area contributed by atoms with Gasteiger partial charge in [-0.1, -0.05) is 12.2 Å². The standard InChI is InChI=1S/C10H13NO2/c1-6-3-10(9(12)13)8-2-7(8)5-11(10)4-6/h7-8H,1-5H2,(H,12,13)/t7-,8-,10+/m1/s1. The zero-order valence-electron chi connectivity index (χ0n) is 7.49. The van der Waals surface area contributed by atoms with Crippen LogP contribution in [0.4, 0.5) is 0 Å². The molecule has 13 heavy (non-hydrogen) atoms. The highest BCUT2D eigenvalue weighted by atomic mass is 16.4. The van der Waals surface area contributed by atoms with E-state index in [0.717, 1.165) is 25.1 Å². The Morgan fingerprint density at radius 2 is 2.46 bits per heavy atom. The SMILES string of the molecule is C=C1CN2C[C@H]3C[C@H]3[C@]2(C(=O)O)C1. The molecule has 0 bridgehead atoms. The highest BCUT2D eigenvalue weighted by molar-refractivity contribution is 5.82. The first-order valence-electron chi connectivity index (χ1n) is 4.79. The molecule has 2 heterocycles. The van der Waals surface area contributed by atoms with Gasteiger partial charge in [-0.15, -0.1) is 0 Å². The molecule has 3 atom stereocenters. The van der Waals surface area contributed by atoms with Gasteiger partial charge in [-0.05, 0) is 24.7 Å². The van der Waals surface area contributed by atoms with Crippen molar-refractivity contribution >= 4 is 5.97 Å². The number of rotatable bonds is 1. The maximum atomic E-state index is 11.3. The third kappa shape index (κ3) is 0.718. The number of carboxylic acid groups (broad SMARTS) is 1. The van der Waals surface area contributed by atoms with Crippen molar-refractivity contribution in [2.24, 2.45) is 11.8 Å². The largest absolute Gasteiger partial charge is 0.480 e. The van der Waals surface area contributed by atoms with Crippen LogP contribution in [-0.4, -0.2) is 34.6 Å². The third-order valence-electron chi connectivity index (χ3n) is 3.86. The quantitative estimate of drug-likeness (QED) is 0.603. The van der Waals surface area contributed by atoms with Gasteiger partial charge in [0, 0.05) is 13.1 Å². The lowest BCUT2D eigenvalue weighted by molar-refractivity contribution is -0.149. The Balaban J connectivity index is 2.04. The molecule has 3 aliphatic rings. The summed E-state index contributed by atoms with van der Waals surface area (Å²) in [5.74, 6) is 0.463. The van der Waals surface area contributed by atoms with Gasteiger partial charge in [0.1, 0.15) is 5.54 Å². The first-order valence-corrected chi connectivity index (χ1v) is 4.79. The molecular weight excluding hydrogens is 166 g/mol. The van der Waals surface area contributed by atoms with Crippen LogP contribution in [-0.2, 0) is 4.79 Å². The van der Waals surface area contributed by atoms with Crippen molar-refractivity contribution in [3.05, 3.63) is 12.2 Å². The minimum Gasteiger partial charge on any atom is -0.480 e. The Morgan fingerprint density at radius 1 is 1.69 bits per heavy atom. The summed E-state index contributed by atoms with van der Waals surface area (Å²) < 4.78 is 0. The van der Waals surface area contributed by atoms with E-state index in [2.05, 4.69) is 11.5 Å². The van der Waals surface area contributed by atoms with Gasteiger partial charge in [-0.2, -0.15) is 0 Å². The summed E-state index contributed by atoms with van der Waals surface area (Å²) in [7, 11) is 0. The van der Waals surface area contributed by atoms with E-state index < -0.39 is 11.5 Å². The van der Waals surface area contributed by atoms with Crippen molar-refractivity contribution < 1.29 is 9.90 Å². The molecule has 0 unspecified atom stereocenters. The molecule has 3 nitrogen and oxygen atoms in total. The maximum Gasteiger partial charge on any atom is 0.324 e. The summed E-state index contributed by atoms with van der Waals surface area (Å²) in [5, 5.41) is 9.31. The molecule has 2 aliphatic heterocycles. The monoisotopic (exact) mass is 179 g/mol. The van der Waals surface area contributed by atoms with Gasteiger partial charge in [0.2, 0.25) is 0 Å². The number of nitrogens with zero attached hydrogens (tertiary/aromatic N) is 1. The molecule has 1 aliphatic carbocycles. The van der Waals surface area contributed by atoms with Crippen molar-refractivity contribution in [1.29, 1.82) is 0 Å². The van der Waals surface area contributed by atoms with Crippen molar-refractivity contribution in [3.8, 4) is 0 Å². The number of hydrogen-bond donors (Lipinski definition) is 1. The van der Waals surface area contributed by atoms with Crippen molar-refractivity contribution in [2.45, 2.75) is 18.4 Å². The Labute approximate surface area is 77.0 Å². The number of aliphatic carboxylic acids is 1. The third-order valence-corrected chi connectivity index (χ3v) is 3.86. The fourth-order valence-electron chi connectivity index (χ4n) is 3.24. The summed E-state index contributed by atoms with van der Waals surface area (Å²) in [6.45, 7) is 5.70. The van der Waals surface area contributed by atoms with Crippen LogP contribution in [0, 0.1) is 11.8 Å². The first-order chi connectivity index (χ1) is 6.14. The molecule has 70 valence electrons. The molecule has 3 rings (SSSR count). The second-order valence-electron chi connectivity index (χ2n) is 4.64. The Bertz CT molecular complexity index is 312. The molecule has 0 amide bonds. The van der Waals surface area contributed by atoms with E-state index in [1.54, 1.807) is 0 Å². The normalized spacial score (nSPS) is 47.5. The summed E-state index contributed by atoms with van der Waals surface area (Å²) in [4.78, 5) is 13.4. The van der Waals surface area contributed by atoms with Crippen LogP contribution in [0.5, 0.6) is 0 Å². The van der Waals surface area contributed by atoms with Crippen molar-refractivity contribution in [3.63, 3.8) is 0 Å². The second kappa shape index (κ2) is 1.98. The lowest BCUT2D eigenvalue weighted by Crippen LogP contribution is -2.49. The van der Waals surface area contributed by atoms with E-state index in [0.29, 0.717) is 18.3 Å². The maximum absolute atomic E-state index is 11.3.